The van der Waals surface area contributed by atoms with Crippen LogP contribution in [-0.2, 0) is 0 Å². The molecule has 0 heterocycles. The zero-order valence-corrected chi connectivity index (χ0v) is 14.2. The average Bonchev–Trinajstić information content (AvgIpc) is 1.86. The Morgan fingerprint density at radius 2 is 0.714 bits per heavy atom. The van der Waals surface area contributed by atoms with Gasteiger partial charge in [0.25, 0.3) is 0 Å². The van der Waals surface area contributed by atoms with Crippen molar-refractivity contribution < 1.29 is 129 Å². The second-order valence-corrected chi connectivity index (χ2v) is 1.72. The average molecular weight is 268 g/mol. The summed E-state index contributed by atoms with van der Waals surface area (Å²) in [5.41, 5.74) is 0. The summed E-state index contributed by atoms with van der Waals surface area (Å²) in [4.78, 5) is 0. The molecule has 0 bridgehead atoms. The minimum Gasteiger partial charge on any atom is -0.445 e. The van der Waals surface area contributed by atoms with Crippen LogP contribution in [0.5, 0.6) is 0 Å². The molecule has 14 heavy (non-hydrogen) atoms. The molecule has 0 aromatic heterocycles. The van der Waals surface area contributed by atoms with Crippen LogP contribution in [0.4, 0.5) is 25.9 Å². The van der Waals surface area contributed by atoms with Crippen molar-refractivity contribution >= 4 is 14.0 Å². The van der Waals surface area contributed by atoms with E-state index in [1.165, 1.54) is 0 Å². The standard InChI is InChI=1S/2C2H3BF3.2K/c2*1-2-3(4,5)6;;/h2*2H,1H2;;/q2*-1;2*+1. The normalized spacial score (nSPS) is 9.57. The summed E-state index contributed by atoms with van der Waals surface area (Å²) in [5, 5.41) is 0. The van der Waals surface area contributed by atoms with E-state index in [0.29, 0.717) is 0 Å². The Bertz CT molecular complexity index is 135. The summed E-state index contributed by atoms with van der Waals surface area (Å²) in [6, 6.07) is 0. The first-order chi connectivity index (χ1) is 5.12. The Balaban J connectivity index is -0.0000000625. The second kappa shape index (κ2) is 11.9. The van der Waals surface area contributed by atoms with Gasteiger partial charge in [0.2, 0.25) is 0 Å². The van der Waals surface area contributed by atoms with E-state index >= 15 is 0 Å². The molecule has 0 aromatic rings. The molecule has 72 valence electrons. The maximum Gasteiger partial charge on any atom is 1.00 e. The first kappa shape index (κ1) is 25.3. The molecule has 0 aliphatic heterocycles. The third-order valence-corrected chi connectivity index (χ3v) is 0.535. The van der Waals surface area contributed by atoms with Crippen molar-refractivity contribution in [1.29, 1.82) is 0 Å². The molecule has 0 aromatic carbocycles. The summed E-state index contributed by atoms with van der Waals surface area (Å²) in [6.45, 7) is -4.38. The Morgan fingerprint density at radius 3 is 0.714 bits per heavy atom. The summed E-state index contributed by atoms with van der Waals surface area (Å²) in [7, 11) is 0. The summed E-state index contributed by atoms with van der Waals surface area (Å²) < 4.78 is 64.4. The molecule has 0 fully saturated rings. The maximum absolute atomic E-state index is 10.7. The third-order valence-electron chi connectivity index (χ3n) is 0.535. The molecule has 10 heteroatoms. The zero-order chi connectivity index (χ0) is 10.4. The minimum atomic E-state index is -4.72. The van der Waals surface area contributed by atoms with Crippen LogP contribution in [0.1, 0.15) is 0 Å². The van der Waals surface area contributed by atoms with Crippen LogP contribution in [0.2, 0.25) is 0 Å². The molecule has 0 N–H and O–H groups in total. The molecule has 0 spiro atoms. The minimum absolute atomic E-state index is 0. The van der Waals surface area contributed by atoms with Crippen LogP contribution in [0, 0.1) is 0 Å². The number of rotatable bonds is 2. The van der Waals surface area contributed by atoms with Gasteiger partial charge in [0, 0.05) is 0 Å². The molecule has 0 atom stereocenters. The fourth-order valence-electron chi connectivity index (χ4n) is 0. The van der Waals surface area contributed by atoms with E-state index in [0.717, 1.165) is 0 Å². The van der Waals surface area contributed by atoms with Gasteiger partial charge in [0.1, 0.15) is 0 Å². The zero-order valence-electron chi connectivity index (χ0n) is 7.99. The van der Waals surface area contributed by atoms with Crippen LogP contribution < -0.4 is 103 Å². The van der Waals surface area contributed by atoms with Gasteiger partial charge in [-0.1, -0.05) is 0 Å². The Hall–Kier alpha value is 2.46. The molecule has 0 aliphatic rings. The van der Waals surface area contributed by atoms with Gasteiger partial charge in [-0.3, -0.25) is 0 Å². The largest absolute Gasteiger partial charge is 1.00 e. The Kier molecular flexibility index (Phi) is 21.6. The van der Waals surface area contributed by atoms with E-state index in [1.807, 2.05) is 0 Å². The molecule has 0 saturated carbocycles. The van der Waals surface area contributed by atoms with Crippen LogP contribution in [0.15, 0.2) is 25.1 Å². The smallest absolute Gasteiger partial charge is 0.445 e. The predicted octanol–water partition coefficient (Wildman–Crippen LogP) is -2.87. The van der Waals surface area contributed by atoms with E-state index in [-0.39, 0.29) is 115 Å². The van der Waals surface area contributed by atoms with Gasteiger partial charge < -0.3 is 25.9 Å². The van der Waals surface area contributed by atoms with Gasteiger partial charge >= 0.3 is 117 Å². The van der Waals surface area contributed by atoms with E-state index in [2.05, 4.69) is 13.2 Å². The van der Waals surface area contributed by atoms with Gasteiger partial charge in [0.15, 0.2) is 0 Å². The maximum atomic E-state index is 10.7. The number of hydrogen-bond acceptors (Lipinski definition) is 0. The third kappa shape index (κ3) is 36.6. The Morgan fingerprint density at radius 1 is 0.643 bits per heavy atom. The molecular formula is C4H6B2F6K2. The first-order valence-electron chi connectivity index (χ1n) is 2.79. The molecule has 0 unspecified atom stereocenters. The van der Waals surface area contributed by atoms with E-state index < -0.39 is 14.0 Å². The monoisotopic (exact) mass is 268 g/mol. The van der Waals surface area contributed by atoms with Crippen molar-refractivity contribution in [3.8, 4) is 0 Å². The van der Waals surface area contributed by atoms with Crippen LogP contribution >= 0.6 is 0 Å². The van der Waals surface area contributed by atoms with Gasteiger partial charge in [-0.15, -0.1) is 13.2 Å². The van der Waals surface area contributed by atoms with Gasteiger partial charge in [0.05, 0.1) is 0 Å². The van der Waals surface area contributed by atoms with Crippen molar-refractivity contribution in [3.63, 3.8) is 0 Å². The fourth-order valence-corrected chi connectivity index (χ4v) is 0. The van der Waals surface area contributed by atoms with Crippen molar-refractivity contribution in [1.82, 2.24) is 0 Å². The Labute approximate surface area is 164 Å². The van der Waals surface area contributed by atoms with Crippen molar-refractivity contribution in [2.45, 2.75) is 0 Å². The summed E-state index contributed by atoms with van der Waals surface area (Å²) in [5.74, 6) is 0. The molecule has 0 aliphatic carbocycles. The predicted molar refractivity (Wildman–Crippen MR) is 38.6 cm³/mol. The fraction of sp³-hybridized carbons (Fsp3) is 0. The van der Waals surface area contributed by atoms with Crippen molar-refractivity contribution in [2.24, 2.45) is 0 Å². The quantitative estimate of drug-likeness (QED) is 0.373. The van der Waals surface area contributed by atoms with Crippen molar-refractivity contribution in [3.05, 3.63) is 25.1 Å². The summed E-state index contributed by atoms with van der Waals surface area (Å²) in [6.07, 6.45) is 0. The molecule has 0 saturated heterocycles. The van der Waals surface area contributed by atoms with Crippen molar-refractivity contribution in [2.75, 3.05) is 0 Å². The van der Waals surface area contributed by atoms with Crippen LogP contribution in [0.25, 0.3) is 0 Å². The summed E-state index contributed by atoms with van der Waals surface area (Å²) >= 11 is 0. The topological polar surface area (TPSA) is 0 Å². The molecule has 0 rings (SSSR count). The van der Waals surface area contributed by atoms with E-state index in [9.17, 15) is 25.9 Å². The van der Waals surface area contributed by atoms with Gasteiger partial charge in [-0.2, -0.15) is 12.0 Å². The van der Waals surface area contributed by atoms with Crippen LogP contribution in [-0.4, -0.2) is 14.0 Å². The first-order valence-corrected chi connectivity index (χ1v) is 2.79. The van der Waals surface area contributed by atoms with Crippen LogP contribution in [0.3, 0.4) is 0 Å². The number of halogens is 6. The van der Waals surface area contributed by atoms with E-state index in [1.54, 1.807) is 0 Å². The molecule has 0 radical (unpaired) electrons. The number of hydrogen-bond donors (Lipinski definition) is 0. The van der Waals surface area contributed by atoms with E-state index in [4.69, 9.17) is 0 Å². The molecule has 0 amide bonds. The molecule has 0 nitrogen and oxygen atoms in total. The molecular weight excluding hydrogens is 262 g/mol. The van der Waals surface area contributed by atoms with Gasteiger partial charge in [-0.05, 0) is 0 Å². The second-order valence-electron chi connectivity index (χ2n) is 1.72. The van der Waals surface area contributed by atoms with Gasteiger partial charge in [-0.25, -0.2) is 0 Å². The SMILES string of the molecule is C=C[B-](F)(F)F.C=C[B-](F)(F)F.[K+].[K+].